The molecule has 0 spiro atoms. The number of alkyl halides is 4. The summed E-state index contributed by atoms with van der Waals surface area (Å²) in [5.41, 5.74) is 0. The molecule has 0 radical (unpaired) electrons. The third kappa shape index (κ3) is 10.2. The molecule has 4 atom stereocenters. The molecule has 0 fully saturated rings. The Hall–Kier alpha value is 0.920. The van der Waals surface area contributed by atoms with Crippen LogP contribution in [0, 0.1) is 0 Å². The number of halogens is 4. The van der Waals surface area contributed by atoms with Crippen molar-refractivity contribution >= 4 is 46.4 Å². The Morgan fingerprint density at radius 1 is 0.542 bits per heavy atom. The highest BCUT2D eigenvalue weighted by Gasteiger charge is 2.32. The highest BCUT2D eigenvalue weighted by Crippen LogP contribution is 2.09. The fourth-order valence-electron chi connectivity index (χ4n) is 2.27. The smallest absolute Gasteiger partial charge is 0.110 e. The molecule has 10 heteroatoms. The minimum Gasteiger partial charge on any atom is -0.389 e. The Bertz CT molecular complexity index is 268. The van der Waals surface area contributed by atoms with Crippen LogP contribution in [0.15, 0.2) is 0 Å². The average molecular weight is 430 g/mol. The summed E-state index contributed by atoms with van der Waals surface area (Å²) in [6, 6.07) is 0. The lowest BCUT2D eigenvalue weighted by molar-refractivity contribution is -0.114. The van der Waals surface area contributed by atoms with Crippen molar-refractivity contribution in [2.75, 3.05) is 62.8 Å². The zero-order chi connectivity index (χ0) is 18.5. The molecule has 0 aliphatic carbocycles. The molecule has 146 valence electrons. The van der Waals surface area contributed by atoms with E-state index in [2.05, 4.69) is 0 Å². The van der Waals surface area contributed by atoms with E-state index in [9.17, 15) is 20.4 Å². The van der Waals surface area contributed by atoms with Gasteiger partial charge in [0.15, 0.2) is 0 Å². The number of aliphatic hydroxyl groups is 4. The normalized spacial score (nSPS) is 17.2. The maximum absolute atomic E-state index is 10.1. The third-order valence-corrected chi connectivity index (χ3v) is 4.31. The molecule has 0 aromatic carbocycles. The molecule has 4 N–H and O–H groups in total. The molecule has 6 nitrogen and oxygen atoms in total. The minimum absolute atomic E-state index is 0.0947. The fourth-order valence-corrected chi connectivity index (χ4v) is 3.22. The monoisotopic (exact) mass is 428 g/mol. The van der Waals surface area contributed by atoms with Gasteiger partial charge < -0.3 is 20.4 Å². The van der Waals surface area contributed by atoms with Crippen LogP contribution in [-0.4, -0.2) is 117 Å². The molecule has 0 aliphatic heterocycles. The highest BCUT2D eigenvalue weighted by atomic mass is 35.5. The standard InChI is InChI=1S/C14H28Cl4N2O4/c15-1-5-19(6-2-16)9-11(21)13(23)14(24)12(22)10-20(7-3-17)8-4-18/h11-14,21-24H,1-10H2/t11-,12-,13-,14+/m1/s1. The van der Waals surface area contributed by atoms with Gasteiger partial charge in [0.2, 0.25) is 0 Å². The van der Waals surface area contributed by atoms with Gasteiger partial charge in [-0.25, -0.2) is 0 Å². The van der Waals surface area contributed by atoms with Gasteiger partial charge in [0, 0.05) is 62.8 Å². The van der Waals surface area contributed by atoms with Crippen LogP contribution in [-0.2, 0) is 0 Å². The second-order valence-corrected chi connectivity index (χ2v) is 6.98. The van der Waals surface area contributed by atoms with Crippen LogP contribution < -0.4 is 0 Å². The summed E-state index contributed by atoms with van der Waals surface area (Å²) in [6.07, 6.45) is -5.48. The van der Waals surface area contributed by atoms with Gasteiger partial charge in [-0.1, -0.05) is 0 Å². The first-order valence-electron chi connectivity index (χ1n) is 7.82. The van der Waals surface area contributed by atoms with Crippen LogP contribution in [0.1, 0.15) is 0 Å². The Kier molecular flexibility index (Phi) is 15.6. The molecule has 0 heterocycles. The summed E-state index contributed by atoms with van der Waals surface area (Å²) < 4.78 is 0. The third-order valence-electron chi connectivity index (χ3n) is 3.63. The molecule has 0 aliphatic rings. The van der Waals surface area contributed by atoms with E-state index in [4.69, 9.17) is 46.4 Å². The van der Waals surface area contributed by atoms with Crippen molar-refractivity contribution < 1.29 is 20.4 Å². The lowest BCUT2D eigenvalue weighted by Crippen LogP contribution is -2.52. The largest absolute Gasteiger partial charge is 0.389 e. The second-order valence-electron chi connectivity index (χ2n) is 5.47. The van der Waals surface area contributed by atoms with E-state index in [1.54, 1.807) is 9.80 Å². The van der Waals surface area contributed by atoms with Gasteiger partial charge in [-0.2, -0.15) is 0 Å². The van der Waals surface area contributed by atoms with Crippen LogP contribution >= 0.6 is 46.4 Å². The molecule has 0 saturated carbocycles. The fraction of sp³-hybridized carbons (Fsp3) is 1.00. The van der Waals surface area contributed by atoms with Gasteiger partial charge in [0.25, 0.3) is 0 Å². The predicted octanol–water partition coefficient (Wildman–Crippen LogP) is -0.0108. The van der Waals surface area contributed by atoms with Crippen LogP contribution in [0.2, 0.25) is 0 Å². The molecule has 24 heavy (non-hydrogen) atoms. The van der Waals surface area contributed by atoms with Gasteiger partial charge in [0.05, 0.1) is 12.2 Å². The predicted molar refractivity (Wildman–Crippen MR) is 99.8 cm³/mol. The summed E-state index contributed by atoms with van der Waals surface area (Å²) in [6.45, 7) is 2.17. The zero-order valence-corrected chi connectivity index (χ0v) is 16.6. The van der Waals surface area contributed by atoms with Crippen molar-refractivity contribution in [3.63, 3.8) is 0 Å². The SMILES string of the molecule is O[C@H]([C@H](O)[C@H](O)CN(CCCl)CCCl)[C@H](O)CN(CCCl)CCCl. The maximum Gasteiger partial charge on any atom is 0.110 e. The van der Waals surface area contributed by atoms with E-state index < -0.39 is 24.4 Å². The van der Waals surface area contributed by atoms with Gasteiger partial charge in [0.1, 0.15) is 12.2 Å². The molecular weight excluding hydrogens is 402 g/mol. The summed E-state index contributed by atoms with van der Waals surface area (Å²) in [5, 5.41) is 40.4. The van der Waals surface area contributed by atoms with Gasteiger partial charge >= 0.3 is 0 Å². The summed E-state index contributed by atoms with van der Waals surface area (Å²) in [7, 11) is 0. The Morgan fingerprint density at radius 3 is 1.00 bits per heavy atom. The highest BCUT2D eigenvalue weighted by molar-refractivity contribution is 6.18. The van der Waals surface area contributed by atoms with Gasteiger partial charge in [-0.05, 0) is 0 Å². The number of hydrogen-bond donors (Lipinski definition) is 4. The molecule has 0 aromatic heterocycles. The average Bonchev–Trinajstić information content (AvgIpc) is 2.54. The van der Waals surface area contributed by atoms with E-state index >= 15 is 0 Å². The van der Waals surface area contributed by atoms with E-state index in [0.717, 1.165) is 0 Å². The molecule has 0 aromatic rings. The van der Waals surface area contributed by atoms with Gasteiger partial charge in [-0.15, -0.1) is 46.4 Å². The number of aliphatic hydroxyl groups excluding tert-OH is 4. The summed E-state index contributed by atoms with van der Waals surface area (Å²) in [5.74, 6) is 1.43. The van der Waals surface area contributed by atoms with Gasteiger partial charge in [-0.3, -0.25) is 9.80 Å². The number of rotatable bonds is 15. The van der Waals surface area contributed by atoms with Crippen LogP contribution in [0.4, 0.5) is 0 Å². The first-order valence-corrected chi connectivity index (χ1v) is 9.95. The molecule has 0 amide bonds. The lowest BCUT2D eigenvalue weighted by Gasteiger charge is -2.32. The quantitative estimate of drug-likeness (QED) is 0.274. The molecule has 0 rings (SSSR count). The molecular formula is C14H28Cl4N2O4. The van der Waals surface area contributed by atoms with E-state index in [1.165, 1.54) is 0 Å². The van der Waals surface area contributed by atoms with Crippen molar-refractivity contribution in [3.05, 3.63) is 0 Å². The zero-order valence-electron chi connectivity index (χ0n) is 13.6. The van der Waals surface area contributed by atoms with E-state index in [1.807, 2.05) is 0 Å². The Morgan fingerprint density at radius 2 is 0.792 bits per heavy atom. The maximum atomic E-state index is 10.1. The Balaban J connectivity index is 4.55. The molecule has 0 saturated heterocycles. The molecule has 0 unspecified atom stereocenters. The Labute approximate surface area is 163 Å². The van der Waals surface area contributed by atoms with Crippen molar-refractivity contribution in [1.82, 2.24) is 9.80 Å². The van der Waals surface area contributed by atoms with Crippen molar-refractivity contribution in [2.45, 2.75) is 24.4 Å². The van der Waals surface area contributed by atoms with Crippen LogP contribution in [0.3, 0.4) is 0 Å². The first kappa shape index (κ1) is 24.9. The van der Waals surface area contributed by atoms with Crippen molar-refractivity contribution in [3.8, 4) is 0 Å². The number of nitrogens with zero attached hydrogens (tertiary/aromatic N) is 2. The number of hydrogen-bond acceptors (Lipinski definition) is 6. The van der Waals surface area contributed by atoms with E-state index in [-0.39, 0.29) is 13.1 Å². The van der Waals surface area contributed by atoms with Crippen molar-refractivity contribution in [1.29, 1.82) is 0 Å². The lowest BCUT2D eigenvalue weighted by atomic mass is 10.0. The van der Waals surface area contributed by atoms with Crippen LogP contribution in [0.25, 0.3) is 0 Å². The van der Waals surface area contributed by atoms with Crippen molar-refractivity contribution in [2.24, 2.45) is 0 Å². The summed E-state index contributed by atoms with van der Waals surface area (Å²) in [4.78, 5) is 3.56. The minimum atomic E-state index is -1.50. The topological polar surface area (TPSA) is 87.4 Å². The van der Waals surface area contributed by atoms with Crippen LogP contribution in [0.5, 0.6) is 0 Å². The second kappa shape index (κ2) is 15.0. The summed E-state index contributed by atoms with van der Waals surface area (Å²) >= 11 is 22.7. The first-order chi connectivity index (χ1) is 11.4. The van der Waals surface area contributed by atoms with E-state index in [0.29, 0.717) is 49.7 Å². The molecule has 0 bridgehead atoms.